The van der Waals surface area contributed by atoms with E-state index in [1.54, 1.807) is 24.5 Å². The van der Waals surface area contributed by atoms with Crippen LogP contribution in [0, 0.1) is 20.8 Å². The van der Waals surface area contributed by atoms with E-state index in [-0.39, 0.29) is 5.91 Å². The Morgan fingerprint density at radius 3 is 2.67 bits per heavy atom. The molecule has 4 nitrogen and oxygen atoms in total. The minimum Gasteiger partial charge on any atom is -0.465 e. The van der Waals surface area contributed by atoms with Gasteiger partial charge in [0.15, 0.2) is 5.13 Å². The zero-order chi connectivity index (χ0) is 17.1. The monoisotopic (exact) mass is 338 g/mol. The Labute approximate surface area is 144 Å². The number of aryl methyl sites for hydroxylation is 3. The van der Waals surface area contributed by atoms with Crippen LogP contribution in [-0.4, -0.2) is 10.9 Å². The standard InChI is InChI=1S/C19H18N2O2S/c1-12-9-13(2)18(14(3)10-12)16-11-24-19(20-16)21-17(22)7-6-15-5-4-8-23-15/h4-11H,1-3H3,(H,20,21,22). The van der Waals surface area contributed by atoms with Crippen LogP contribution in [0.5, 0.6) is 0 Å². The van der Waals surface area contributed by atoms with E-state index < -0.39 is 0 Å². The van der Waals surface area contributed by atoms with E-state index >= 15 is 0 Å². The molecule has 0 radical (unpaired) electrons. The van der Waals surface area contributed by atoms with Gasteiger partial charge < -0.3 is 4.42 Å². The molecule has 24 heavy (non-hydrogen) atoms. The van der Waals surface area contributed by atoms with Gasteiger partial charge in [0.25, 0.3) is 0 Å². The summed E-state index contributed by atoms with van der Waals surface area (Å²) < 4.78 is 5.15. The number of anilines is 1. The molecule has 0 aliphatic carbocycles. The van der Waals surface area contributed by atoms with Gasteiger partial charge in [0.2, 0.25) is 5.91 Å². The predicted octanol–water partition coefficient (Wildman–Crippen LogP) is 4.98. The van der Waals surface area contributed by atoms with Gasteiger partial charge in [0.05, 0.1) is 12.0 Å². The number of hydrogen-bond acceptors (Lipinski definition) is 4. The average molecular weight is 338 g/mol. The Morgan fingerprint density at radius 2 is 2.00 bits per heavy atom. The summed E-state index contributed by atoms with van der Waals surface area (Å²) in [6.45, 7) is 6.25. The van der Waals surface area contributed by atoms with Crippen molar-refractivity contribution < 1.29 is 9.21 Å². The molecule has 3 aromatic rings. The molecule has 0 spiro atoms. The van der Waals surface area contributed by atoms with Crippen LogP contribution in [0.25, 0.3) is 17.3 Å². The number of aromatic nitrogens is 1. The van der Waals surface area contributed by atoms with Gasteiger partial charge in [0, 0.05) is 17.0 Å². The number of rotatable bonds is 4. The van der Waals surface area contributed by atoms with Gasteiger partial charge in [-0.25, -0.2) is 4.98 Å². The van der Waals surface area contributed by atoms with E-state index in [2.05, 4.69) is 43.2 Å². The van der Waals surface area contributed by atoms with Crippen LogP contribution in [0.2, 0.25) is 0 Å². The maximum atomic E-state index is 12.0. The van der Waals surface area contributed by atoms with E-state index in [4.69, 9.17) is 4.42 Å². The van der Waals surface area contributed by atoms with Crippen molar-refractivity contribution in [2.45, 2.75) is 20.8 Å². The first-order chi connectivity index (χ1) is 11.5. The lowest BCUT2D eigenvalue weighted by molar-refractivity contribution is -0.111. The van der Waals surface area contributed by atoms with Crippen molar-refractivity contribution >= 4 is 28.5 Å². The first kappa shape index (κ1) is 16.2. The van der Waals surface area contributed by atoms with E-state index in [1.165, 1.54) is 34.1 Å². The Balaban J connectivity index is 1.75. The molecule has 122 valence electrons. The largest absolute Gasteiger partial charge is 0.465 e. The number of carbonyl (C=O) groups is 1. The lowest BCUT2D eigenvalue weighted by atomic mass is 9.98. The van der Waals surface area contributed by atoms with E-state index in [1.807, 2.05) is 5.38 Å². The van der Waals surface area contributed by atoms with E-state index in [0.717, 1.165) is 11.3 Å². The number of nitrogens with one attached hydrogen (secondary N) is 1. The van der Waals surface area contributed by atoms with Gasteiger partial charge in [-0.15, -0.1) is 11.3 Å². The summed E-state index contributed by atoms with van der Waals surface area (Å²) in [5.74, 6) is 0.403. The predicted molar refractivity (Wildman–Crippen MR) is 98.1 cm³/mol. The highest BCUT2D eigenvalue weighted by atomic mass is 32.1. The highest BCUT2D eigenvalue weighted by Crippen LogP contribution is 2.31. The fraction of sp³-hybridized carbons (Fsp3) is 0.158. The van der Waals surface area contributed by atoms with Gasteiger partial charge in [0.1, 0.15) is 5.76 Å². The summed E-state index contributed by atoms with van der Waals surface area (Å²) in [4.78, 5) is 16.5. The summed E-state index contributed by atoms with van der Waals surface area (Å²) in [5, 5.41) is 5.34. The number of furan rings is 1. The van der Waals surface area contributed by atoms with Crippen molar-refractivity contribution in [1.29, 1.82) is 0 Å². The topological polar surface area (TPSA) is 55.1 Å². The highest BCUT2D eigenvalue weighted by molar-refractivity contribution is 7.14. The van der Waals surface area contributed by atoms with Gasteiger partial charge in [-0.05, 0) is 50.1 Å². The first-order valence-corrected chi connectivity index (χ1v) is 8.47. The molecule has 0 fully saturated rings. The molecule has 3 rings (SSSR count). The van der Waals surface area contributed by atoms with Gasteiger partial charge in [-0.2, -0.15) is 0 Å². The third-order valence-corrected chi connectivity index (χ3v) is 4.37. The van der Waals surface area contributed by atoms with Crippen LogP contribution >= 0.6 is 11.3 Å². The molecule has 0 unspecified atom stereocenters. The Bertz CT molecular complexity index is 869. The summed E-state index contributed by atoms with van der Waals surface area (Å²) >= 11 is 1.42. The molecule has 2 aromatic heterocycles. The van der Waals surface area contributed by atoms with Crippen molar-refractivity contribution in [3.63, 3.8) is 0 Å². The Kier molecular flexibility index (Phi) is 4.62. The van der Waals surface area contributed by atoms with Crippen molar-refractivity contribution in [2.24, 2.45) is 0 Å². The lowest BCUT2D eigenvalue weighted by Gasteiger charge is -2.08. The second kappa shape index (κ2) is 6.84. The molecule has 0 aliphatic rings. The molecule has 0 atom stereocenters. The molecule has 0 bridgehead atoms. The number of benzene rings is 1. The second-order valence-corrected chi connectivity index (χ2v) is 6.51. The summed E-state index contributed by atoms with van der Waals surface area (Å²) in [6, 6.07) is 7.85. The zero-order valence-corrected chi connectivity index (χ0v) is 14.6. The molecular weight excluding hydrogens is 320 g/mol. The molecule has 0 saturated heterocycles. The van der Waals surface area contributed by atoms with Crippen LogP contribution in [0.15, 0.2) is 46.4 Å². The van der Waals surface area contributed by atoms with Crippen molar-refractivity contribution in [2.75, 3.05) is 5.32 Å². The molecule has 0 saturated carbocycles. The molecule has 2 heterocycles. The van der Waals surface area contributed by atoms with E-state index in [9.17, 15) is 4.79 Å². The molecule has 1 aromatic carbocycles. The third kappa shape index (κ3) is 3.63. The highest BCUT2D eigenvalue weighted by Gasteiger charge is 2.11. The van der Waals surface area contributed by atoms with Gasteiger partial charge >= 0.3 is 0 Å². The molecular formula is C19H18N2O2S. The summed E-state index contributed by atoms with van der Waals surface area (Å²) in [7, 11) is 0. The maximum Gasteiger partial charge on any atom is 0.250 e. The second-order valence-electron chi connectivity index (χ2n) is 5.65. The SMILES string of the molecule is Cc1cc(C)c(-c2csc(NC(=O)C=Cc3ccco3)n2)c(C)c1. The Hall–Kier alpha value is -2.66. The lowest BCUT2D eigenvalue weighted by Crippen LogP contribution is -2.07. The maximum absolute atomic E-state index is 12.0. The van der Waals surface area contributed by atoms with Crippen LogP contribution in [0.3, 0.4) is 0 Å². The minimum absolute atomic E-state index is 0.232. The van der Waals surface area contributed by atoms with Gasteiger partial charge in [-0.1, -0.05) is 17.7 Å². The number of nitrogens with zero attached hydrogens (tertiary/aromatic N) is 1. The minimum atomic E-state index is -0.232. The first-order valence-electron chi connectivity index (χ1n) is 7.59. The zero-order valence-electron chi connectivity index (χ0n) is 13.8. The normalized spacial score (nSPS) is 11.1. The van der Waals surface area contributed by atoms with Crippen LogP contribution in [0.4, 0.5) is 5.13 Å². The molecule has 5 heteroatoms. The fourth-order valence-corrected chi connectivity index (χ4v) is 3.43. The molecule has 1 amide bonds. The third-order valence-electron chi connectivity index (χ3n) is 3.61. The number of amides is 1. The van der Waals surface area contributed by atoms with Crippen LogP contribution in [0.1, 0.15) is 22.5 Å². The van der Waals surface area contributed by atoms with E-state index in [0.29, 0.717) is 10.9 Å². The quantitative estimate of drug-likeness (QED) is 0.683. The summed E-state index contributed by atoms with van der Waals surface area (Å²) in [6.07, 6.45) is 4.62. The molecule has 0 aliphatic heterocycles. The van der Waals surface area contributed by atoms with Crippen LogP contribution < -0.4 is 5.32 Å². The smallest absolute Gasteiger partial charge is 0.250 e. The van der Waals surface area contributed by atoms with Crippen molar-refractivity contribution in [3.05, 3.63) is 64.4 Å². The van der Waals surface area contributed by atoms with Crippen LogP contribution in [-0.2, 0) is 4.79 Å². The number of thiazole rings is 1. The van der Waals surface area contributed by atoms with Gasteiger partial charge in [-0.3, -0.25) is 10.1 Å². The number of hydrogen-bond donors (Lipinski definition) is 1. The number of carbonyl (C=O) groups excluding carboxylic acids is 1. The van der Waals surface area contributed by atoms with Crippen molar-refractivity contribution in [1.82, 2.24) is 4.98 Å². The summed E-state index contributed by atoms with van der Waals surface area (Å²) in [5.41, 5.74) is 5.63. The van der Waals surface area contributed by atoms with Crippen molar-refractivity contribution in [3.8, 4) is 11.3 Å². The Morgan fingerprint density at radius 1 is 1.25 bits per heavy atom. The fourth-order valence-electron chi connectivity index (χ4n) is 2.72. The average Bonchev–Trinajstić information content (AvgIpc) is 3.16. The molecule has 1 N–H and O–H groups in total.